The molecule has 9 heteroatoms. The lowest BCUT2D eigenvalue weighted by molar-refractivity contribution is -0.122. The smallest absolute Gasteiger partial charge is 0.248 e. The van der Waals surface area contributed by atoms with Gasteiger partial charge in [-0.25, -0.2) is 0 Å². The number of hydrogen-bond donors (Lipinski definition) is 2. The number of para-hydroxylation sites is 2. The van der Waals surface area contributed by atoms with E-state index in [-0.39, 0.29) is 36.8 Å². The first kappa shape index (κ1) is 17.5. The van der Waals surface area contributed by atoms with Crippen LogP contribution in [0, 0.1) is 5.92 Å². The van der Waals surface area contributed by atoms with E-state index in [9.17, 15) is 9.59 Å². The summed E-state index contributed by atoms with van der Waals surface area (Å²) in [6.07, 6.45) is 1.90. The Morgan fingerprint density at radius 1 is 1.41 bits per heavy atom. The van der Waals surface area contributed by atoms with Gasteiger partial charge in [0.2, 0.25) is 17.8 Å². The summed E-state index contributed by atoms with van der Waals surface area (Å²) in [5.74, 6) is 0.539. The summed E-state index contributed by atoms with van der Waals surface area (Å²) in [7, 11) is 1.55. The number of amides is 2. The molecular weight excluding hydrogens is 350 g/mol. The third-order valence-electron chi connectivity index (χ3n) is 4.84. The van der Waals surface area contributed by atoms with E-state index in [1.54, 1.807) is 24.1 Å². The summed E-state index contributed by atoms with van der Waals surface area (Å²) in [4.78, 5) is 30.9. The summed E-state index contributed by atoms with van der Waals surface area (Å²) in [5.41, 5.74) is 0.666. The van der Waals surface area contributed by atoms with Crippen LogP contribution < -0.4 is 15.0 Å². The highest BCUT2D eigenvalue weighted by atomic mass is 16.5. The molecule has 9 nitrogen and oxygen atoms in total. The fourth-order valence-electron chi connectivity index (χ4n) is 3.45. The van der Waals surface area contributed by atoms with Gasteiger partial charge in [0.1, 0.15) is 11.9 Å². The minimum Gasteiger partial charge on any atom is -0.495 e. The molecule has 1 aromatic carbocycles. The average molecular weight is 371 g/mol. The van der Waals surface area contributed by atoms with Crippen molar-refractivity contribution in [2.24, 2.45) is 5.92 Å². The van der Waals surface area contributed by atoms with Crippen LogP contribution in [0.15, 0.2) is 24.3 Å². The minimum atomic E-state index is -0.480. The Hall–Kier alpha value is -2.94. The number of rotatable bonds is 5. The highest BCUT2D eigenvalue weighted by Gasteiger charge is 2.36. The summed E-state index contributed by atoms with van der Waals surface area (Å²) in [6.45, 7) is 0.990. The zero-order chi connectivity index (χ0) is 18.8. The Morgan fingerprint density at radius 3 is 3.04 bits per heavy atom. The number of aromatic amines is 1. The van der Waals surface area contributed by atoms with Crippen LogP contribution in [-0.2, 0) is 14.3 Å². The molecule has 1 aromatic heterocycles. The van der Waals surface area contributed by atoms with E-state index < -0.39 is 5.92 Å². The maximum absolute atomic E-state index is 12.6. The van der Waals surface area contributed by atoms with E-state index in [0.717, 1.165) is 12.8 Å². The van der Waals surface area contributed by atoms with Gasteiger partial charge in [-0.3, -0.25) is 20.0 Å². The zero-order valence-electron chi connectivity index (χ0n) is 15.0. The van der Waals surface area contributed by atoms with E-state index in [0.29, 0.717) is 23.9 Å². The van der Waals surface area contributed by atoms with E-state index in [2.05, 4.69) is 20.5 Å². The van der Waals surface area contributed by atoms with Gasteiger partial charge in [-0.1, -0.05) is 12.1 Å². The van der Waals surface area contributed by atoms with Gasteiger partial charge in [-0.2, -0.15) is 4.98 Å². The van der Waals surface area contributed by atoms with Crippen molar-refractivity contribution < 1.29 is 19.1 Å². The number of H-pyrrole nitrogens is 1. The molecule has 2 amide bonds. The van der Waals surface area contributed by atoms with Crippen LogP contribution in [0.5, 0.6) is 5.75 Å². The predicted molar refractivity (Wildman–Crippen MR) is 96.4 cm³/mol. The van der Waals surface area contributed by atoms with E-state index in [1.165, 1.54) is 0 Å². The highest BCUT2D eigenvalue weighted by molar-refractivity contribution is 6.03. The number of nitrogens with one attached hydrogen (secondary N) is 2. The molecule has 0 saturated carbocycles. The molecule has 0 radical (unpaired) electrons. The third-order valence-corrected chi connectivity index (χ3v) is 4.84. The largest absolute Gasteiger partial charge is 0.495 e. The van der Waals surface area contributed by atoms with Crippen molar-refractivity contribution in [3.63, 3.8) is 0 Å². The van der Waals surface area contributed by atoms with Crippen molar-refractivity contribution >= 4 is 23.5 Å². The summed E-state index contributed by atoms with van der Waals surface area (Å²) in [6, 6.07) is 7.26. The first-order valence-corrected chi connectivity index (χ1v) is 8.94. The van der Waals surface area contributed by atoms with Crippen molar-refractivity contribution in [1.82, 2.24) is 15.2 Å². The number of carbonyl (C=O) groups is 2. The quantitative estimate of drug-likeness (QED) is 0.827. The van der Waals surface area contributed by atoms with Crippen molar-refractivity contribution in [2.45, 2.75) is 25.4 Å². The molecule has 4 rings (SSSR count). The zero-order valence-corrected chi connectivity index (χ0v) is 15.0. The Balaban J connectivity index is 1.42. The highest BCUT2D eigenvalue weighted by Crippen LogP contribution is 2.33. The van der Waals surface area contributed by atoms with Crippen LogP contribution in [-0.4, -0.2) is 47.3 Å². The lowest BCUT2D eigenvalue weighted by Gasteiger charge is -2.19. The molecule has 2 fully saturated rings. The maximum atomic E-state index is 12.6. The van der Waals surface area contributed by atoms with Crippen LogP contribution in [0.1, 0.15) is 31.2 Å². The Labute approximate surface area is 156 Å². The molecule has 27 heavy (non-hydrogen) atoms. The van der Waals surface area contributed by atoms with Crippen LogP contribution in [0.3, 0.4) is 0 Å². The molecule has 0 spiro atoms. The first-order chi connectivity index (χ1) is 13.2. The number of benzene rings is 1. The van der Waals surface area contributed by atoms with E-state index in [4.69, 9.17) is 9.47 Å². The summed E-state index contributed by atoms with van der Waals surface area (Å²) >= 11 is 0. The van der Waals surface area contributed by atoms with E-state index in [1.807, 2.05) is 12.1 Å². The fourth-order valence-corrected chi connectivity index (χ4v) is 3.45. The Kier molecular flexibility index (Phi) is 4.76. The van der Waals surface area contributed by atoms with Crippen molar-refractivity contribution in [2.75, 3.05) is 30.5 Å². The molecule has 3 heterocycles. The monoisotopic (exact) mass is 371 g/mol. The van der Waals surface area contributed by atoms with Gasteiger partial charge in [0.25, 0.3) is 0 Å². The lowest BCUT2D eigenvalue weighted by atomic mass is 10.1. The van der Waals surface area contributed by atoms with Crippen LogP contribution in [0.2, 0.25) is 0 Å². The van der Waals surface area contributed by atoms with Gasteiger partial charge < -0.3 is 14.4 Å². The molecule has 142 valence electrons. The van der Waals surface area contributed by atoms with E-state index >= 15 is 0 Å². The second-order valence-electron chi connectivity index (χ2n) is 6.61. The predicted octanol–water partition coefficient (Wildman–Crippen LogP) is 1.66. The number of hydrogen-bond acceptors (Lipinski definition) is 6. The first-order valence-electron chi connectivity index (χ1n) is 8.94. The maximum Gasteiger partial charge on any atom is 0.248 e. The molecule has 2 N–H and O–H groups in total. The van der Waals surface area contributed by atoms with Gasteiger partial charge in [-0.15, -0.1) is 5.10 Å². The van der Waals surface area contributed by atoms with Crippen LogP contribution in [0.25, 0.3) is 0 Å². The van der Waals surface area contributed by atoms with Crippen molar-refractivity contribution in [1.29, 1.82) is 0 Å². The average Bonchev–Trinajstić information content (AvgIpc) is 3.42. The Morgan fingerprint density at radius 2 is 2.26 bits per heavy atom. The number of nitrogens with zero attached hydrogens (tertiary/aromatic N) is 3. The second kappa shape index (κ2) is 7.36. The van der Waals surface area contributed by atoms with Gasteiger partial charge in [0.15, 0.2) is 5.82 Å². The summed E-state index contributed by atoms with van der Waals surface area (Å²) < 4.78 is 10.9. The Bertz CT molecular complexity index is 846. The molecule has 2 atom stereocenters. The molecule has 2 aromatic rings. The number of aromatic nitrogens is 3. The molecule has 0 aliphatic carbocycles. The number of anilines is 2. The third kappa shape index (κ3) is 3.50. The molecule has 2 saturated heterocycles. The van der Waals surface area contributed by atoms with Crippen LogP contribution >= 0.6 is 0 Å². The minimum absolute atomic E-state index is 0.0998. The lowest BCUT2D eigenvalue weighted by Crippen LogP contribution is -2.28. The topological polar surface area (TPSA) is 109 Å². The molecule has 2 aliphatic rings. The number of carbonyl (C=O) groups excluding carboxylic acids is 2. The van der Waals surface area contributed by atoms with Crippen molar-refractivity contribution in [3.05, 3.63) is 30.1 Å². The molecule has 0 bridgehead atoms. The molecule has 0 unspecified atom stereocenters. The fraction of sp³-hybridized carbons (Fsp3) is 0.444. The van der Waals surface area contributed by atoms with Crippen molar-refractivity contribution in [3.8, 4) is 5.75 Å². The van der Waals surface area contributed by atoms with Gasteiger partial charge >= 0.3 is 0 Å². The van der Waals surface area contributed by atoms with Gasteiger partial charge in [0, 0.05) is 19.6 Å². The number of ether oxygens (including phenoxy) is 2. The standard InChI is InChI=1S/C18H21N5O4/c1-26-13-6-3-2-5-12(13)23-10-11(9-15(23)24)17(25)20-18-19-16(21-22-18)14-7-4-8-27-14/h2-3,5-6,11,14H,4,7-10H2,1H3,(H2,19,20,21,22,25)/t11-,14+/m0/s1. The number of methoxy groups -OCH3 is 1. The van der Waals surface area contributed by atoms with Gasteiger partial charge in [0.05, 0.1) is 18.7 Å². The molecule has 2 aliphatic heterocycles. The normalized spacial score (nSPS) is 22.3. The SMILES string of the molecule is COc1ccccc1N1C[C@@H](C(=O)Nc2n[nH]c([C@H]3CCCO3)n2)CC1=O. The van der Waals surface area contributed by atoms with Crippen LogP contribution in [0.4, 0.5) is 11.6 Å². The molecular formula is C18H21N5O4. The second-order valence-corrected chi connectivity index (χ2v) is 6.61. The summed E-state index contributed by atoms with van der Waals surface area (Å²) in [5, 5.41) is 9.53. The van der Waals surface area contributed by atoms with Gasteiger partial charge in [-0.05, 0) is 25.0 Å².